The highest BCUT2D eigenvalue weighted by Gasteiger charge is 2.37. The number of pyridine rings is 1. The topological polar surface area (TPSA) is 82.3 Å². The molecule has 6 nitrogen and oxygen atoms in total. The number of carbonyl (C=O) groups excluding carboxylic acids is 1. The molecule has 10 heteroatoms. The lowest BCUT2D eigenvalue weighted by molar-refractivity contribution is -0.390. The molecule has 1 rings (SSSR count). The van der Waals surface area contributed by atoms with E-state index in [0.717, 1.165) is 6.07 Å². The van der Waals surface area contributed by atoms with E-state index in [-0.39, 0.29) is 5.56 Å². The zero-order chi connectivity index (χ0) is 14.1. The Hall–Kier alpha value is -1.90. The van der Waals surface area contributed by atoms with Crippen molar-refractivity contribution in [1.82, 2.24) is 4.98 Å². The Morgan fingerprint density at radius 1 is 1.56 bits per heavy atom. The van der Waals surface area contributed by atoms with Crippen LogP contribution in [0, 0.1) is 17.0 Å². The van der Waals surface area contributed by atoms with Crippen LogP contribution >= 0.6 is 11.6 Å². The summed E-state index contributed by atoms with van der Waals surface area (Å²) in [7, 11) is 0. The Labute approximate surface area is 102 Å². The molecule has 0 atom stereocenters. The van der Waals surface area contributed by atoms with Crippen molar-refractivity contribution in [1.29, 1.82) is 0 Å². The van der Waals surface area contributed by atoms with Crippen molar-refractivity contribution in [3.63, 3.8) is 0 Å². The van der Waals surface area contributed by atoms with Crippen LogP contribution in [0.2, 0.25) is 0 Å². The normalized spacial score (nSPS) is 11.2. The van der Waals surface area contributed by atoms with Crippen LogP contribution in [0.25, 0.3) is 0 Å². The monoisotopic (exact) mass is 284 g/mol. The Kier molecular flexibility index (Phi) is 3.75. The van der Waals surface area contributed by atoms with Crippen molar-refractivity contribution in [2.24, 2.45) is 0 Å². The Morgan fingerprint density at radius 3 is 2.50 bits per heavy atom. The molecule has 0 saturated carbocycles. The van der Waals surface area contributed by atoms with Crippen LogP contribution in [0.15, 0.2) is 6.07 Å². The standard InChI is InChI=1S/C8H4ClF3N2O4/c1-3-2-4(5(9)15)7(18-8(10,11)12)13-6(3)14(16)17/h2H,1H3. The van der Waals surface area contributed by atoms with Crippen molar-refractivity contribution in [3.8, 4) is 5.88 Å². The average Bonchev–Trinajstić information content (AvgIpc) is 2.17. The molecular weight excluding hydrogens is 281 g/mol. The molecule has 0 unspecified atom stereocenters. The fraction of sp³-hybridized carbons (Fsp3) is 0.250. The molecule has 0 bridgehead atoms. The van der Waals surface area contributed by atoms with Crippen molar-refractivity contribution < 1.29 is 27.6 Å². The third kappa shape index (κ3) is 3.29. The summed E-state index contributed by atoms with van der Waals surface area (Å²) >= 11 is 5.04. The van der Waals surface area contributed by atoms with Gasteiger partial charge in [0.25, 0.3) is 5.24 Å². The van der Waals surface area contributed by atoms with Gasteiger partial charge in [-0.3, -0.25) is 4.79 Å². The van der Waals surface area contributed by atoms with E-state index in [1.807, 2.05) is 0 Å². The predicted octanol–water partition coefficient (Wildman–Crippen LogP) is 2.58. The van der Waals surface area contributed by atoms with Gasteiger partial charge in [-0.05, 0) is 29.5 Å². The molecule has 1 aromatic heterocycles. The number of aryl methyl sites for hydroxylation is 1. The van der Waals surface area contributed by atoms with Gasteiger partial charge in [0, 0.05) is 10.5 Å². The van der Waals surface area contributed by atoms with E-state index in [0.29, 0.717) is 0 Å². The lowest BCUT2D eigenvalue weighted by Crippen LogP contribution is -2.20. The number of aromatic nitrogens is 1. The van der Waals surface area contributed by atoms with E-state index in [4.69, 9.17) is 11.6 Å². The molecule has 1 heterocycles. The maximum Gasteiger partial charge on any atom is 0.575 e. The van der Waals surface area contributed by atoms with Crippen LogP contribution < -0.4 is 4.74 Å². The minimum atomic E-state index is -5.14. The zero-order valence-electron chi connectivity index (χ0n) is 8.62. The molecule has 0 N–H and O–H groups in total. The summed E-state index contributed by atoms with van der Waals surface area (Å²) in [6.07, 6.45) is -5.14. The molecule has 0 amide bonds. The number of nitrogens with zero attached hydrogens (tertiary/aromatic N) is 2. The Morgan fingerprint density at radius 2 is 2.11 bits per heavy atom. The summed E-state index contributed by atoms with van der Waals surface area (Å²) in [6, 6.07) is 0.807. The molecule has 0 aliphatic rings. The van der Waals surface area contributed by atoms with Crippen molar-refractivity contribution in [2.45, 2.75) is 13.3 Å². The van der Waals surface area contributed by atoms with Gasteiger partial charge < -0.3 is 14.9 Å². The molecule has 1 aromatic rings. The highest BCUT2D eigenvalue weighted by Crippen LogP contribution is 2.29. The third-order valence-corrected chi connectivity index (χ3v) is 1.95. The zero-order valence-corrected chi connectivity index (χ0v) is 9.37. The summed E-state index contributed by atoms with van der Waals surface area (Å²) in [5.74, 6) is -2.10. The fourth-order valence-corrected chi connectivity index (χ4v) is 1.24. The highest BCUT2D eigenvalue weighted by molar-refractivity contribution is 6.68. The van der Waals surface area contributed by atoms with Crippen LogP contribution in [-0.2, 0) is 0 Å². The Bertz CT molecular complexity index is 518. The van der Waals surface area contributed by atoms with Crippen molar-refractivity contribution >= 4 is 22.7 Å². The number of nitro groups is 1. The molecule has 18 heavy (non-hydrogen) atoms. The lowest BCUT2D eigenvalue weighted by Gasteiger charge is -2.08. The van der Waals surface area contributed by atoms with E-state index in [1.54, 1.807) is 0 Å². The van der Waals surface area contributed by atoms with Gasteiger partial charge in [-0.15, -0.1) is 13.2 Å². The molecule has 0 fully saturated rings. The highest BCUT2D eigenvalue weighted by atomic mass is 35.5. The average molecular weight is 285 g/mol. The maximum atomic E-state index is 12.0. The van der Waals surface area contributed by atoms with Crippen LogP contribution in [0.5, 0.6) is 5.88 Å². The van der Waals surface area contributed by atoms with E-state index in [9.17, 15) is 28.1 Å². The quantitative estimate of drug-likeness (QED) is 0.484. The van der Waals surface area contributed by atoms with Gasteiger partial charge in [-0.25, -0.2) is 0 Å². The van der Waals surface area contributed by atoms with Crippen molar-refractivity contribution in [2.75, 3.05) is 0 Å². The van der Waals surface area contributed by atoms with Gasteiger partial charge in [-0.1, -0.05) is 0 Å². The number of rotatable bonds is 3. The van der Waals surface area contributed by atoms with Gasteiger partial charge in [0.05, 0.1) is 0 Å². The van der Waals surface area contributed by atoms with Crippen LogP contribution in [-0.4, -0.2) is 21.5 Å². The van der Waals surface area contributed by atoms with Gasteiger partial charge >= 0.3 is 18.1 Å². The first-order valence-electron chi connectivity index (χ1n) is 4.23. The molecule has 98 valence electrons. The summed E-state index contributed by atoms with van der Waals surface area (Å²) < 4.78 is 39.5. The van der Waals surface area contributed by atoms with Crippen LogP contribution in [0.3, 0.4) is 0 Å². The second-order valence-electron chi connectivity index (χ2n) is 3.06. The Balaban J connectivity index is 3.40. The molecule has 0 aliphatic carbocycles. The third-order valence-electron chi connectivity index (χ3n) is 1.75. The van der Waals surface area contributed by atoms with Gasteiger partial charge in [-0.2, -0.15) is 0 Å². The largest absolute Gasteiger partial charge is 0.575 e. The molecule has 0 spiro atoms. The first kappa shape index (κ1) is 14.2. The molecule has 0 aromatic carbocycles. The minimum Gasteiger partial charge on any atom is -0.366 e. The van der Waals surface area contributed by atoms with Crippen LogP contribution in [0.4, 0.5) is 19.0 Å². The molecule has 0 radical (unpaired) electrons. The van der Waals surface area contributed by atoms with E-state index >= 15 is 0 Å². The summed E-state index contributed by atoms with van der Waals surface area (Å²) in [4.78, 5) is 23.4. The first-order chi connectivity index (χ1) is 8.11. The number of hydrogen-bond acceptors (Lipinski definition) is 5. The van der Waals surface area contributed by atoms with Gasteiger partial charge in [0.2, 0.25) is 0 Å². The smallest absolute Gasteiger partial charge is 0.366 e. The number of ether oxygens (including phenoxy) is 1. The molecule has 0 saturated heterocycles. The van der Waals surface area contributed by atoms with E-state index < -0.39 is 33.8 Å². The van der Waals surface area contributed by atoms with Gasteiger partial charge in [0.1, 0.15) is 5.56 Å². The number of carbonyl (C=O) groups is 1. The van der Waals surface area contributed by atoms with E-state index in [1.165, 1.54) is 6.92 Å². The first-order valence-corrected chi connectivity index (χ1v) is 4.61. The number of alkyl halides is 3. The predicted molar refractivity (Wildman–Crippen MR) is 52.5 cm³/mol. The SMILES string of the molecule is Cc1cc(C(=O)Cl)c(OC(F)(F)F)nc1[N+](=O)[O-]. The van der Waals surface area contributed by atoms with Gasteiger partial charge in [0.15, 0.2) is 0 Å². The second kappa shape index (κ2) is 4.77. The minimum absolute atomic E-state index is 0.112. The van der Waals surface area contributed by atoms with Crippen molar-refractivity contribution in [3.05, 3.63) is 27.3 Å². The number of hydrogen-bond donors (Lipinski definition) is 0. The summed E-state index contributed by atoms with van der Waals surface area (Å²) in [6.45, 7) is 1.20. The van der Waals surface area contributed by atoms with E-state index in [2.05, 4.69) is 9.72 Å². The molecule has 0 aliphatic heterocycles. The summed E-state index contributed by atoms with van der Waals surface area (Å²) in [5.41, 5.74) is -0.810. The number of halogens is 4. The van der Waals surface area contributed by atoms with Crippen LogP contribution in [0.1, 0.15) is 15.9 Å². The molecular formula is C8H4ClF3N2O4. The summed E-state index contributed by atoms with van der Waals surface area (Å²) in [5, 5.41) is 9.24. The lowest BCUT2D eigenvalue weighted by atomic mass is 10.2. The maximum absolute atomic E-state index is 12.0. The fourth-order valence-electron chi connectivity index (χ4n) is 1.10. The second-order valence-corrected chi connectivity index (χ2v) is 3.40.